The first-order valence-corrected chi connectivity index (χ1v) is 9.17. The van der Waals surface area contributed by atoms with Crippen LogP contribution in [-0.4, -0.2) is 9.97 Å². The fourth-order valence-electron chi connectivity index (χ4n) is 3.30. The molecular weight excluding hydrogens is 428 g/mol. The summed E-state index contributed by atoms with van der Waals surface area (Å²) >= 11 is 7.21. The summed E-state index contributed by atoms with van der Waals surface area (Å²) in [7, 11) is 0. The van der Waals surface area contributed by atoms with Crippen molar-refractivity contribution in [3.05, 3.63) is 69.6 Å². The summed E-state index contributed by atoms with van der Waals surface area (Å²) in [5.74, 6) is 0. The summed E-state index contributed by atoms with van der Waals surface area (Å²) in [5.41, 5.74) is 3.63. The van der Waals surface area contributed by atoms with Crippen LogP contribution in [-0.2, 0) is 0 Å². The van der Waals surface area contributed by atoms with Crippen LogP contribution in [0.2, 0.25) is 0 Å². The molecule has 2 nitrogen and oxygen atoms in total. The Balaban J connectivity index is 2.17. The summed E-state index contributed by atoms with van der Waals surface area (Å²) in [6.07, 6.45) is 0. The van der Waals surface area contributed by atoms with Crippen LogP contribution >= 0.6 is 31.9 Å². The second-order valence-corrected chi connectivity index (χ2v) is 7.45. The third kappa shape index (κ3) is 1.93. The average Bonchev–Trinajstić information content (AvgIpc) is 2.64. The van der Waals surface area contributed by atoms with Gasteiger partial charge in [-0.2, -0.15) is 0 Å². The highest BCUT2D eigenvalue weighted by Gasteiger charge is 2.14. The predicted molar refractivity (Wildman–Crippen MR) is 107 cm³/mol. The maximum absolute atomic E-state index is 4.98. The molecule has 0 unspecified atom stereocenters. The molecule has 0 aliphatic rings. The first kappa shape index (κ1) is 14.3. The van der Waals surface area contributed by atoms with E-state index in [-0.39, 0.29) is 0 Å². The van der Waals surface area contributed by atoms with Crippen molar-refractivity contribution < 1.29 is 0 Å². The number of benzene rings is 4. The zero-order chi connectivity index (χ0) is 16.3. The van der Waals surface area contributed by atoms with Gasteiger partial charge in [-0.25, -0.2) is 9.97 Å². The highest BCUT2D eigenvalue weighted by Crippen LogP contribution is 2.36. The van der Waals surface area contributed by atoms with Crippen LogP contribution in [0, 0.1) is 0 Å². The number of nitrogens with zero attached hydrogens (tertiary/aromatic N) is 2. The predicted octanol–water partition coefficient (Wildman–Crippen LogP) is 6.61. The molecular formula is C20H10Br2N2. The van der Waals surface area contributed by atoms with Gasteiger partial charge in [0.2, 0.25) is 0 Å². The zero-order valence-electron chi connectivity index (χ0n) is 12.4. The second-order valence-electron chi connectivity index (χ2n) is 5.74. The first-order valence-electron chi connectivity index (χ1n) is 7.59. The Morgan fingerprint density at radius 3 is 1.25 bits per heavy atom. The molecule has 1 heterocycles. The van der Waals surface area contributed by atoms with Gasteiger partial charge in [-0.05, 0) is 54.8 Å². The SMILES string of the molecule is Brc1ccc(Br)c2nc3c4ccccc4c4ccccc4c3nc12. The van der Waals surface area contributed by atoms with E-state index in [1.165, 1.54) is 10.8 Å². The lowest BCUT2D eigenvalue weighted by Gasteiger charge is -2.11. The topological polar surface area (TPSA) is 25.8 Å². The monoisotopic (exact) mass is 436 g/mol. The van der Waals surface area contributed by atoms with Crippen LogP contribution in [0.25, 0.3) is 43.6 Å². The van der Waals surface area contributed by atoms with Crippen molar-refractivity contribution in [1.82, 2.24) is 9.97 Å². The van der Waals surface area contributed by atoms with E-state index in [1.807, 2.05) is 12.1 Å². The van der Waals surface area contributed by atoms with Crippen molar-refractivity contribution in [3.8, 4) is 0 Å². The lowest BCUT2D eigenvalue weighted by Crippen LogP contribution is -1.92. The molecule has 0 aliphatic carbocycles. The summed E-state index contributed by atoms with van der Waals surface area (Å²) in [4.78, 5) is 9.95. The minimum Gasteiger partial charge on any atom is -0.243 e. The highest BCUT2D eigenvalue weighted by atomic mass is 79.9. The molecule has 4 aromatic carbocycles. The molecule has 24 heavy (non-hydrogen) atoms. The van der Waals surface area contributed by atoms with Crippen LogP contribution < -0.4 is 0 Å². The summed E-state index contributed by atoms with van der Waals surface area (Å²) in [6, 6.07) is 20.8. The average molecular weight is 438 g/mol. The third-order valence-corrected chi connectivity index (χ3v) is 5.66. The Kier molecular flexibility index (Phi) is 3.12. The lowest BCUT2D eigenvalue weighted by atomic mass is 9.99. The van der Waals surface area contributed by atoms with Crippen molar-refractivity contribution in [1.29, 1.82) is 0 Å². The summed E-state index contributed by atoms with van der Waals surface area (Å²) in [6.45, 7) is 0. The van der Waals surface area contributed by atoms with Crippen LogP contribution in [0.15, 0.2) is 69.6 Å². The zero-order valence-corrected chi connectivity index (χ0v) is 15.6. The van der Waals surface area contributed by atoms with E-state index >= 15 is 0 Å². The molecule has 1 aromatic heterocycles. The molecule has 114 valence electrons. The van der Waals surface area contributed by atoms with Crippen molar-refractivity contribution in [3.63, 3.8) is 0 Å². The molecule has 0 saturated carbocycles. The molecule has 5 aromatic rings. The Morgan fingerprint density at radius 1 is 0.458 bits per heavy atom. The van der Waals surface area contributed by atoms with Gasteiger partial charge >= 0.3 is 0 Å². The minimum absolute atomic E-state index is 0.873. The lowest BCUT2D eigenvalue weighted by molar-refractivity contribution is 1.39. The van der Waals surface area contributed by atoms with Crippen LogP contribution in [0.3, 0.4) is 0 Å². The number of halogens is 2. The van der Waals surface area contributed by atoms with Gasteiger partial charge in [-0.3, -0.25) is 0 Å². The molecule has 0 bridgehead atoms. The van der Waals surface area contributed by atoms with E-state index in [0.29, 0.717) is 0 Å². The van der Waals surface area contributed by atoms with Crippen LogP contribution in [0.4, 0.5) is 0 Å². The Hall–Kier alpha value is -2.04. The van der Waals surface area contributed by atoms with Gasteiger partial charge in [0.05, 0.1) is 11.0 Å². The second kappa shape index (κ2) is 5.23. The van der Waals surface area contributed by atoms with Crippen molar-refractivity contribution in [2.24, 2.45) is 0 Å². The van der Waals surface area contributed by atoms with E-state index in [4.69, 9.17) is 9.97 Å². The molecule has 4 heteroatoms. The van der Waals surface area contributed by atoms with Gasteiger partial charge in [0.1, 0.15) is 11.0 Å². The van der Waals surface area contributed by atoms with Gasteiger partial charge < -0.3 is 0 Å². The largest absolute Gasteiger partial charge is 0.243 e. The van der Waals surface area contributed by atoms with Crippen LogP contribution in [0.1, 0.15) is 0 Å². The van der Waals surface area contributed by atoms with Gasteiger partial charge in [0.25, 0.3) is 0 Å². The fourth-order valence-corrected chi connectivity index (χ4v) is 4.11. The van der Waals surface area contributed by atoms with Gasteiger partial charge in [0, 0.05) is 19.7 Å². The van der Waals surface area contributed by atoms with Crippen molar-refractivity contribution in [2.45, 2.75) is 0 Å². The standard InChI is InChI=1S/C20H10Br2N2/c21-15-9-10-16(22)20-19(15)23-17-13-7-3-1-5-11(13)12-6-2-4-8-14(12)18(17)24-20/h1-10H. The molecule has 5 rings (SSSR count). The summed E-state index contributed by atoms with van der Waals surface area (Å²) < 4.78 is 1.90. The Bertz CT molecular complexity index is 1180. The van der Waals surface area contributed by atoms with E-state index in [2.05, 4.69) is 80.4 Å². The van der Waals surface area contributed by atoms with Crippen molar-refractivity contribution in [2.75, 3.05) is 0 Å². The highest BCUT2D eigenvalue weighted by molar-refractivity contribution is 9.11. The number of fused-ring (bicyclic) bond motifs is 7. The van der Waals surface area contributed by atoms with Crippen LogP contribution in [0.5, 0.6) is 0 Å². The van der Waals surface area contributed by atoms with Gasteiger partial charge in [0.15, 0.2) is 0 Å². The molecule has 0 amide bonds. The normalized spacial score (nSPS) is 11.8. The maximum Gasteiger partial charge on any atom is 0.105 e. The minimum atomic E-state index is 0.873. The molecule has 0 N–H and O–H groups in total. The number of rotatable bonds is 0. The van der Waals surface area contributed by atoms with Crippen molar-refractivity contribution >= 4 is 75.5 Å². The van der Waals surface area contributed by atoms with Gasteiger partial charge in [-0.1, -0.05) is 48.5 Å². The number of aromatic nitrogens is 2. The smallest absolute Gasteiger partial charge is 0.105 e. The molecule has 0 fully saturated rings. The molecule has 0 atom stereocenters. The molecule has 0 aliphatic heterocycles. The molecule has 0 spiro atoms. The molecule has 0 radical (unpaired) electrons. The third-order valence-electron chi connectivity index (χ3n) is 4.38. The maximum atomic E-state index is 4.98. The summed E-state index contributed by atoms with van der Waals surface area (Å²) in [5, 5.41) is 4.68. The van der Waals surface area contributed by atoms with E-state index in [9.17, 15) is 0 Å². The molecule has 0 saturated heterocycles. The quantitative estimate of drug-likeness (QED) is 0.201. The van der Waals surface area contributed by atoms with E-state index in [0.717, 1.165) is 41.8 Å². The van der Waals surface area contributed by atoms with Gasteiger partial charge in [-0.15, -0.1) is 0 Å². The first-order chi connectivity index (χ1) is 11.7. The number of hydrogen-bond acceptors (Lipinski definition) is 2. The van der Waals surface area contributed by atoms with E-state index in [1.54, 1.807) is 0 Å². The Labute approximate surface area is 154 Å². The fraction of sp³-hybridized carbons (Fsp3) is 0. The number of hydrogen-bond donors (Lipinski definition) is 0. The Morgan fingerprint density at radius 2 is 0.833 bits per heavy atom. The van der Waals surface area contributed by atoms with E-state index < -0.39 is 0 Å².